The Morgan fingerprint density at radius 3 is 2.71 bits per heavy atom. The van der Waals surface area contributed by atoms with Crippen LogP contribution in [0.1, 0.15) is 42.6 Å². The number of carbonyl (C=O) groups excluding carboxylic acids is 1. The Morgan fingerprint density at radius 1 is 1.15 bits per heavy atom. The van der Waals surface area contributed by atoms with Crippen molar-refractivity contribution in [2.45, 2.75) is 44.4 Å². The molecule has 6 rings (SSSR count). The number of methoxy groups -OCH3 is 2. The van der Waals surface area contributed by atoms with Crippen LogP contribution in [0.15, 0.2) is 36.4 Å². The van der Waals surface area contributed by atoms with Crippen LogP contribution in [0.4, 0.5) is 10.1 Å². The van der Waals surface area contributed by atoms with Crippen molar-refractivity contribution in [2.75, 3.05) is 51.9 Å². The Balaban J connectivity index is 1.46. The molecule has 1 fully saturated rings. The van der Waals surface area contributed by atoms with Gasteiger partial charge in [0.05, 0.1) is 42.1 Å². The number of halogens is 1. The zero-order chi connectivity index (χ0) is 28.8. The van der Waals surface area contributed by atoms with Gasteiger partial charge in [-0.15, -0.1) is 0 Å². The molecule has 9 nitrogen and oxygen atoms in total. The van der Waals surface area contributed by atoms with Crippen LogP contribution in [0.5, 0.6) is 5.75 Å². The first-order valence-corrected chi connectivity index (χ1v) is 14.5. The van der Waals surface area contributed by atoms with Gasteiger partial charge in [0.25, 0.3) is 5.91 Å². The zero-order valence-corrected chi connectivity index (χ0v) is 24.3. The minimum Gasteiger partial charge on any atom is -0.494 e. The van der Waals surface area contributed by atoms with Gasteiger partial charge < -0.3 is 34.1 Å². The molecule has 0 radical (unpaired) electrons. The highest BCUT2D eigenvalue weighted by atomic mass is 19.1. The van der Waals surface area contributed by atoms with Gasteiger partial charge in [-0.3, -0.25) is 4.79 Å². The molecule has 2 aromatic carbocycles. The number of carbonyl (C=O) groups is 1. The predicted octanol–water partition coefficient (Wildman–Crippen LogP) is 4.52. The monoisotopic (exact) mass is 562 g/mol. The molecule has 0 bridgehead atoms. The van der Waals surface area contributed by atoms with Gasteiger partial charge in [-0.1, -0.05) is 19.1 Å². The molecular weight excluding hydrogens is 523 g/mol. The van der Waals surface area contributed by atoms with E-state index in [1.807, 2.05) is 11.6 Å². The number of hydrogen-bond acceptors (Lipinski definition) is 6. The Bertz CT molecular complexity index is 1590. The van der Waals surface area contributed by atoms with Gasteiger partial charge in [-0.25, -0.2) is 9.37 Å². The summed E-state index contributed by atoms with van der Waals surface area (Å²) in [5.74, 6) is 1.10. The van der Waals surface area contributed by atoms with Gasteiger partial charge in [0.1, 0.15) is 17.4 Å². The second kappa shape index (κ2) is 11.0. The third-order valence-corrected chi connectivity index (χ3v) is 8.57. The topological polar surface area (TPSA) is 90.8 Å². The Kier molecular flexibility index (Phi) is 7.37. The van der Waals surface area contributed by atoms with Gasteiger partial charge in [0, 0.05) is 57.4 Å². The number of aryl methyl sites for hydroxylation is 1. The molecule has 2 aliphatic rings. The molecule has 1 saturated heterocycles. The lowest BCUT2D eigenvalue weighted by Crippen LogP contribution is -2.50. The number of ether oxygens (including phenoxy) is 2. The van der Waals surface area contributed by atoms with Gasteiger partial charge in [-0.2, -0.15) is 0 Å². The molecule has 10 heteroatoms. The highest BCUT2D eigenvalue weighted by Gasteiger charge is 2.32. The normalized spacial score (nSPS) is 20.8. The molecule has 4 aromatic rings. The van der Waals surface area contributed by atoms with Crippen LogP contribution in [-0.2, 0) is 11.8 Å². The van der Waals surface area contributed by atoms with E-state index in [0.717, 1.165) is 49.6 Å². The molecule has 1 amide bonds. The number of likely N-dealkylation sites (tertiary alicyclic amines) is 1. The minimum absolute atomic E-state index is 0.0453. The van der Waals surface area contributed by atoms with Crippen LogP contribution in [-0.4, -0.2) is 84.1 Å². The quantitative estimate of drug-likeness (QED) is 0.318. The van der Waals surface area contributed by atoms with Crippen molar-refractivity contribution >= 4 is 33.5 Å². The van der Waals surface area contributed by atoms with Crippen molar-refractivity contribution in [1.82, 2.24) is 19.0 Å². The summed E-state index contributed by atoms with van der Waals surface area (Å²) < 4.78 is 29.8. The van der Waals surface area contributed by atoms with Crippen molar-refractivity contribution in [3.63, 3.8) is 0 Å². The van der Waals surface area contributed by atoms with E-state index in [0.29, 0.717) is 23.4 Å². The summed E-state index contributed by atoms with van der Waals surface area (Å²) in [6.45, 7) is 5.19. The maximum Gasteiger partial charge on any atom is 0.254 e. The fourth-order valence-corrected chi connectivity index (χ4v) is 6.67. The fourth-order valence-electron chi connectivity index (χ4n) is 6.67. The summed E-state index contributed by atoms with van der Waals surface area (Å²) in [4.78, 5) is 22.5. The lowest BCUT2D eigenvalue weighted by atomic mass is 10.0. The molecule has 2 aliphatic heterocycles. The van der Waals surface area contributed by atoms with Crippen LogP contribution in [0.3, 0.4) is 0 Å². The fraction of sp³-hybridized carbons (Fsp3) is 0.484. The van der Waals surface area contributed by atoms with E-state index in [9.17, 15) is 9.18 Å². The molecular formula is C31H39FN6O3. The summed E-state index contributed by atoms with van der Waals surface area (Å²) in [6.07, 6.45) is 1.10. The molecule has 218 valence electrons. The molecule has 4 heterocycles. The summed E-state index contributed by atoms with van der Waals surface area (Å²) in [5.41, 5.74) is 11.4. The number of piperidine rings is 1. The number of rotatable bonds is 8. The molecule has 0 aliphatic carbocycles. The SMILES string of the molecule is CCC1CN(CCCOC)c2cccc3cc(-c4nc5cc(C(=O)N6C[C@H](N)C[C@@H](F)C6)cc(OC)c5n4C)n1c23. The standard InChI is InChI=1S/C31H39FN6O3/c1-5-23-18-36(10-7-11-40-3)25-9-6-8-19-13-26(38(23)28(19)25)30-34-24-12-20(14-27(41-4)29(24)35(30)2)31(39)37-16-21(32)15-22(33)17-37/h6,8-9,12-14,21-23H,5,7,10-11,15-18,33H2,1-4H3/t21-,22-,23?/m1/s1. The van der Waals surface area contributed by atoms with Crippen LogP contribution in [0.25, 0.3) is 33.5 Å². The van der Waals surface area contributed by atoms with Crippen molar-refractivity contribution in [1.29, 1.82) is 0 Å². The summed E-state index contributed by atoms with van der Waals surface area (Å²) in [7, 11) is 5.33. The number of aromatic nitrogens is 3. The minimum atomic E-state index is -1.12. The second-order valence-electron chi connectivity index (χ2n) is 11.3. The van der Waals surface area contributed by atoms with Gasteiger partial charge in [-0.05, 0) is 43.5 Å². The highest BCUT2D eigenvalue weighted by Crippen LogP contribution is 2.42. The molecule has 0 spiro atoms. The highest BCUT2D eigenvalue weighted by molar-refractivity contribution is 6.01. The van der Waals surface area contributed by atoms with Crippen LogP contribution in [0, 0.1) is 0 Å². The molecule has 41 heavy (non-hydrogen) atoms. The third kappa shape index (κ3) is 4.72. The number of benzene rings is 2. The zero-order valence-electron chi connectivity index (χ0n) is 24.3. The number of imidazole rings is 1. The summed E-state index contributed by atoms with van der Waals surface area (Å²) in [5, 5.41) is 1.17. The number of nitrogens with zero attached hydrogens (tertiary/aromatic N) is 5. The number of anilines is 1. The van der Waals surface area contributed by atoms with Gasteiger partial charge >= 0.3 is 0 Å². The van der Waals surface area contributed by atoms with E-state index >= 15 is 0 Å². The largest absolute Gasteiger partial charge is 0.494 e. The maximum absolute atomic E-state index is 14.2. The number of para-hydroxylation sites is 1. The Labute approximate surface area is 239 Å². The van der Waals surface area contributed by atoms with Crippen molar-refractivity contribution in [3.05, 3.63) is 42.0 Å². The molecule has 0 saturated carbocycles. The number of alkyl halides is 1. The number of hydrogen-bond donors (Lipinski definition) is 1. The van der Waals surface area contributed by atoms with Gasteiger partial charge in [0.15, 0.2) is 5.82 Å². The number of nitrogens with two attached hydrogens (primary N) is 1. The summed E-state index contributed by atoms with van der Waals surface area (Å²) >= 11 is 0. The number of amides is 1. The van der Waals surface area contributed by atoms with Crippen molar-refractivity contribution in [3.8, 4) is 17.3 Å². The van der Waals surface area contributed by atoms with Gasteiger partial charge in [0.2, 0.25) is 0 Å². The Morgan fingerprint density at radius 2 is 1.98 bits per heavy atom. The van der Waals surface area contributed by atoms with Crippen molar-refractivity contribution < 1.29 is 18.7 Å². The van der Waals surface area contributed by atoms with Crippen LogP contribution >= 0.6 is 0 Å². The van der Waals surface area contributed by atoms with E-state index in [1.54, 1.807) is 26.4 Å². The van der Waals surface area contributed by atoms with Crippen molar-refractivity contribution in [2.24, 2.45) is 12.8 Å². The number of fused-ring (bicyclic) bond motifs is 1. The van der Waals surface area contributed by atoms with E-state index in [2.05, 4.69) is 40.7 Å². The first-order valence-electron chi connectivity index (χ1n) is 14.5. The summed E-state index contributed by atoms with van der Waals surface area (Å²) in [6, 6.07) is 12.1. The lowest BCUT2D eigenvalue weighted by molar-refractivity contribution is 0.0606. The van der Waals surface area contributed by atoms with Crippen LogP contribution in [0.2, 0.25) is 0 Å². The smallest absolute Gasteiger partial charge is 0.254 e. The first-order chi connectivity index (χ1) is 19.8. The molecule has 3 atom stereocenters. The lowest BCUT2D eigenvalue weighted by Gasteiger charge is -2.36. The third-order valence-electron chi connectivity index (χ3n) is 8.57. The average molecular weight is 563 g/mol. The molecule has 1 unspecified atom stereocenters. The maximum atomic E-state index is 14.2. The average Bonchev–Trinajstić information content (AvgIpc) is 3.51. The van der Waals surface area contributed by atoms with Crippen LogP contribution < -0.4 is 15.4 Å². The second-order valence-corrected chi connectivity index (χ2v) is 11.3. The predicted molar refractivity (Wildman–Crippen MR) is 160 cm³/mol. The van der Waals surface area contributed by atoms with E-state index < -0.39 is 6.17 Å². The van der Waals surface area contributed by atoms with E-state index in [4.69, 9.17) is 20.2 Å². The molecule has 2 N–H and O–H groups in total. The first kappa shape index (κ1) is 27.5. The van der Waals surface area contributed by atoms with E-state index in [-0.39, 0.29) is 31.0 Å². The van der Waals surface area contributed by atoms with E-state index in [1.165, 1.54) is 21.5 Å². The molecule has 2 aromatic heterocycles. The Hall–Kier alpha value is -3.63.